The summed E-state index contributed by atoms with van der Waals surface area (Å²) in [6.45, 7) is 7.79. The lowest BCUT2D eigenvalue weighted by atomic mass is 10.1. The molecule has 0 radical (unpaired) electrons. The number of hydrogen-bond donors (Lipinski definition) is 0. The van der Waals surface area contributed by atoms with E-state index in [0.717, 1.165) is 59.0 Å². The molecule has 6 nitrogen and oxygen atoms in total. The topological polar surface area (TPSA) is 56.6 Å². The number of rotatable bonds is 10. The van der Waals surface area contributed by atoms with Crippen molar-refractivity contribution in [1.29, 1.82) is 0 Å². The summed E-state index contributed by atoms with van der Waals surface area (Å²) in [5, 5.41) is 0. The SMILES string of the molecule is C=CCc1ccc(OCCCn2c(C3CC(=O)N(c4ccc(C)cc4)C3)nc3ccccc32)c(OC)c1. The van der Waals surface area contributed by atoms with Gasteiger partial charge in [0.2, 0.25) is 5.91 Å². The first-order valence-electron chi connectivity index (χ1n) is 12.8. The Morgan fingerprint density at radius 3 is 2.68 bits per heavy atom. The van der Waals surface area contributed by atoms with Crippen LogP contribution in [0, 0.1) is 6.92 Å². The Bertz CT molecular complexity index is 1410. The van der Waals surface area contributed by atoms with Gasteiger partial charge in [-0.15, -0.1) is 6.58 Å². The average Bonchev–Trinajstić information content (AvgIpc) is 3.48. The molecule has 1 aliphatic heterocycles. The van der Waals surface area contributed by atoms with Crippen molar-refractivity contribution in [2.24, 2.45) is 0 Å². The first kappa shape index (κ1) is 24.6. The Morgan fingerprint density at radius 2 is 1.89 bits per heavy atom. The van der Waals surface area contributed by atoms with Crippen molar-refractivity contribution in [3.8, 4) is 11.5 Å². The second kappa shape index (κ2) is 10.9. The maximum Gasteiger partial charge on any atom is 0.227 e. The van der Waals surface area contributed by atoms with Crippen LogP contribution < -0.4 is 14.4 Å². The standard InChI is InChI=1S/C31H33N3O3/c1-4-8-23-13-16-28(29(19-23)36-3)37-18-7-17-33-27-10-6-5-9-26(27)32-31(33)24-20-30(35)34(21-24)25-14-11-22(2)12-15-25/h4-6,9-16,19,24H,1,7-8,17-18,20-21H2,2-3H3. The van der Waals surface area contributed by atoms with Gasteiger partial charge in [0.05, 0.1) is 24.8 Å². The summed E-state index contributed by atoms with van der Waals surface area (Å²) in [5.74, 6) is 2.62. The number of anilines is 1. The molecule has 2 heterocycles. The summed E-state index contributed by atoms with van der Waals surface area (Å²) in [6.07, 6.45) is 3.92. The molecule has 4 aromatic rings. The predicted molar refractivity (Wildman–Crippen MR) is 148 cm³/mol. The van der Waals surface area contributed by atoms with Crippen molar-refractivity contribution < 1.29 is 14.3 Å². The van der Waals surface area contributed by atoms with Crippen LogP contribution in [-0.2, 0) is 17.8 Å². The van der Waals surface area contributed by atoms with E-state index in [0.29, 0.717) is 19.6 Å². The number of hydrogen-bond acceptors (Lipinski definition) is 4. The zero-order valence-electron chi connectivity index (χ0n) is 21.5. The molecule has 3 aromatic carbocycles. The van der Waals surface area contributed by atoms with Crippen LogP contribution in [0.15, 0.2) is 79.4 Å². The second-order valence-electron chi connectivity index (χ2n) is 9.53. The summed E-state index contributed by atoms with van der Waals surface area (Å²) in [5.41, 5.74) is 5.31. The number of carbonyl (C=O) groups is 1. The summed E-state index contributed by atoms with van der Waals surface area (Å²) in [4.78, 5) is 19.8. The first-order chi connectivity index (χ1) is 18.1. The zero-order chi connectivity index (χ0) is 25.8. The lowest BCUT2D eigenvalue weighted by molar-refractivity contribution is -0.117. The highest BCUT2D eigenvalue weighted by Gasteiger charge is 2.34. The van der Waals surface area contributed by atoms with Gasteiger partial charge in [-0.05, 0) is 61.7 Å². The van der Waals surface area contributed by atoms with Gasteiger partial charge in [0.1, 0.15) is 5.82 Å². The summed E-state index contributed by atoms with van der Waals surface area (Å²) in [7, 11) is 1.66. The van der Waals surface area contributed by atoms with Gasteiger partial charge in [-0.25, -0.2) is 4.98 Å². The fraction of sp³-hybridized carbons (Fsp3) is 0.290. The molecule has 1 saturated heterocycles. The van der Waals surface area contributed by atoms with Crippen molar-refractivity contribution in [3.05, 3.63) is 96.3 Å². The number of ether oxygens (including phenoxy) is 2. The molecule has 0 spiro atoms. The van der Waals surface area contributed by atoms with Crippen LogP contribution in [0.5, 0.6) is 11.5 Å². The van der Waals surface area contributed by atoms with Crippen LogP contribution in [-0.4, -0.2) is 35.7 Å². The van der Waals surface area contributed by atoms with E-state index in [4.69, 9.17) is 14.5 Å². The third-order valence-corrected chi connectivity index (χ3v) is 6.91. The lowest BCUT2D eigenvalue weighted by Crippen LogP contribution is -2.24. The number of amides is 1. The van der Waals surface area contributed by atoms with E-state index in [-0.39, 0.29) is 11.8 Å². The number of aryl methyl sites for hydroxylation is 2. The zero-order valence-corrected chi connectivity index (χ0v) is 21.5. The fourth-order valence-electron chi connectivity index (χ4n) is 5.03. The molecule has 190 valence electrons. The molecule has 0 bridgehead atoms. The summed E-state index contributed by atoms with van der Waals surface area (Å²) < 4.78 is 13.9. The van der Waals surface area contributed by atoms with Crippen molar-refractivity contribution in [1.82, 2.24) is 9.55 Å². The number of nitrogens with zero attached hydrogens (tertiary/aromatic N) is 3. The first-order valence-corrected chi connectivity index (χ1v) is 12.8. The van der Waals surface area contributed by atoms with Gasteiger partial charge in [0, 0.05) is 31.1 Å². The Labute approximate surface area is 218 Å². The number of aromatic nitrogens is 2. The van der Waals surface area contributed by atoms with Crippen molar-refractivity contribution >= 4 is 22.6 Å². The van der Waals surface area contributed by atoms with E-state index in [1.807, 2.05) is 71.6 Å². The average molecular weight is 496 g/mol. The highest BCUT2D eigenvalue weighted by Crippen LogP contribution is 2.34. The largest absolute Gasteiger partial charge is 0.493 e. The number of methoxy groups -OCH3 is 1. The Morgan fingerprint density at radius 1 is 1.08 bits per heavy atom. The van der Waals surface area contributed by atoms with Gasteiger partial charge in [-0.2, -0.15) is 0 Å². The smallest absolute Gasteiger partial charge is 0.227 e. The third kappa shape index (κ3) is 5.24. The monoisotopic (exact) mass is 495 g/mol. The molecule has 0 N–H and O–H groups in total. The number of carbonyl (C=O) groups excluding carboxylic acids is 1. The molecule has 0 aliphatic carbocycles. The van der Waals surface area contributed by atoms with E-state index in [2.05, 4.69) is 24.1 Å². The van der Waals surface area contributed by atoms with Gasteiger partial charge in [-0.3, -0.25) is 4.79 Å². The van der Waals surface area contributed by atoms with Crippen molar-refractivity contribution in [2.75, 3.05) is 25.2 Å². The molecule has 1 aromatic heterocycles. The van der Waals surface area contributed by atoms with Crippen LogP contribution in [0.4, 0.5) is 5.69 Å². The third-order valence-electron chi connectivity index (χ3n) is 6.91. The lowest BCUT2D eigenvalue weighted by Gasteiger charge is -2.18. The Hall–Kier alpha value is -4.06. The summed E-state index contributed by atoms with van der Waals surface area (Å²) in [6, 6.07) is 22.3. The molecule has 1 fully saturated rings. The number of allylic oxidation sites excluding steroid dienone is 1. The van der Waals surface area contributed by atoms with Crippen LogP contribution in [0.3, 0.4) is 0 Å². The molecule has 5 rings (SSSR count). The normalized spacial score (nSPS) is 15.4. The van der Waals surface area contributed by atoms with Crippen molar-refractivity contribution in [2.45, 2.75) is 38.6 Å². The van der Waals surface area contributed by atoms with Crippen LogP contribution in [0.25, 0.3) is 11.0 Å². The van der Waals surface area contributed by atoms with Gasteiger partial charge in [-0.1, -0.05) is 42.0 Å². The van der Waals surface area contributed by atoms with Gasteiger partial charge < -0.3 is 18.9 Å². The molecule has 1 aliphatic rings. The minimum atomic E-state index is 0.0413. The van der Waals surface area contributed by atoms with Gasteiger partial charge in [0.25, 0.3) is 0 Å². The number of imidazole rings is 1. The molecule has 6 heteroatoms. The number of para-hydroxylation sites is 2. The molecule has 37 heavy (non-hydrogen) atoms. The van der Waals surface area contributed by atoms with Crippen LogP contribution in [0.2, 0.25) is 0 Å². The van der Waals surface area contributed by atoms with E-state index in [1.165, 1.54) is 5.56 Å². The molecular weight excluding hydrogens is 462 g/mol. The quantitative estimate of drug-likeness (QED) is 0.198. The predicted octanol–water partition coefficient (Wildman–Crippen LogP) is 6.07. The minimum Gasteiger partial charge on any atom is -0.493 e. The second-order valence-corrected chi connectivity index (χ2v) is 9.53. The minimum absolute atomic E-state index is 0.0413. The van der Waals surface area contributed by atoms with E-state index < -0.39 is 0 Å². The van der Waals surface area contributed by atoms with Crippen LogP contribution >= 0.6 is 0 Å². The maximum absolute atomic E-state index is 13.0. The Kier molecular flexibility index (Phi) is 7.26. The van der Waals surface area contributed by atoms with Crippen molar-refractivity contribution in [3.63, 3.8) is 0 Å². The van der Waals surface area contributed by atoms with Crippen LogP contribution in [0.1, 0.15) is 35.7 Å². The van der Waals surface area contributed by atoms with E-state index in [1.54, 1.807) is 7.11 Å². The molecule has 1 unspecified atom stereocenters. The highest BCUT2D eigenvalue weighted by atomic mass is 16.5. The summed E-state index contributed by atoms with van der Waals surface area (Å²) >= 11 is 0. The molecule has 1 atom stereocenters. The maximum atomic E-state index is 13.0. The highest BCUT2D eigenvalue weighted by molar-refractivity contribution is 5.96. The van der Waals surface area contributed by atoms with Gasteiger partial charge in [0.15, 0.2) is 11.5 Å². The number of benzene rings is 3. The molecular formula is C31H33N3O3. The molecule has 1 amide bonds. The fourth-order valence-corrected chi connectivity index (χ4v) is 5.03. The molecule has 0 saturated carbocycles. The number of fused-ring (bicyclic) bond motifs is 1. The van der Waals surface area contributed by atoms with E-state index >= 15 is 0 Å². The van der Waals surface area contributed by atoms with E-state index in [9.17, 15) is 4.79 Å². The van der Waals surface area contributed by atoms with Gasteiger partial charge >= 0.3 is 0 Å². The Balaban J connectivity index is 1.31.